The van der Waals surface area contributed by atoms with Gasteiger partial charge in [-0.3, -0.25) is 14.2 Å². The fraction of sp³-hybridized carbons (Fsp3) is 0.318. The number of hydrogen-bond acceptors (Lipinski definition) is 3. The Morgan fingerprint density at radius 1 is 1.07 bits per heavy atom. The van der Waals surface area contributed by atoms with Crippen molar-refractivity contribution in [3.8, 4) is 5.69 Å². The molecular formula is C22H22ClN3O3. The van der Waals surface area contributed by atoms with Crippen LogP contribution in [-0.4, -0.2) is 44.5 Å². The number of carbonyl (C=O) groups excluding carboxylic acids is 1. The van der Waals surface area contributed by atoms with E-state index in [1.54, 1.807) is 12.1 Å². The lowest BCUT2D eigenvalue weighted by Crippen LogP contribution is -2.35. The molecule has 1 aromatic heterocycles. The highest BCUT2D eigenvalue weighted by molar-refractivity contribution is 6.30. The maximum Gasteiger partial charge on any atom is 0.303 e. The normalized spacial score (nSPS) is 14.3. The summed E-state index contributed by atoms with van der Waals surface area (Å²) in [7, 11) is 0. The van der Waals surface area contributed by atoms with Gasteiger partial charge in [-0.15, -0.1) is 0 Å². The molecule has 6 nitrogen and oxygen atoms in total. The molecule has 1 saturated heterocycles. The van der Waals surface area contributed by atoms with Crippen LogP contribution in [0.4, 0.5) is 0 Å². The van der Waals surface area contributed by atoms with E-state index < -0.39 is 5.97 Å². The number of aromatic nitrogens is 2. The Hall–Kier alpha value is -2.86. The van der Waals surface area contributed by atoms with Crippen LogP contribution in [-0.2, 0) is 11.2 Å². The van der Waals surface area contributed by atoms with Crippen LogP contribution < -0.4 is 0 Å². The van der Waals surface area contributed by atoms with Gasteiger partial charge in [-0.05, 0) is 55.7 Å². The average molecular weight is 412 g/mol. The molecule has 3 aromatic rings. The third kappa shape index (κ3) is 4.12. The second kappa shape index (κ2) is 8.25. The molecule has 0 bridgehead atoms. The lowest BCUT2D eigenvalue weighted by molar-refractivity contribution is -0.137. The van der Waals surface area contributed by atoms with Gasteiger partial charge in [0.1, 0.15) is 5.82 Å². The standard InChI is InChI=1S/C22H22ClN3O3/c23-16-5-4-6-17(14-16)26-19-8-7-15(22(29)25-11-2-1-3-12-25)13-18(19)24-20(26)9-10-21(27)28/h4-8,13-14H,1-3,9-12H2,(H,27,28). The first-order chi connectivity index (χ1) is 14.0. The number of aryl methyl sites for hydroxylation is 1. The summed E-state index contributed by atoms with van der Waals surface area (Å²) >= 11 is 6.17. The number of imidazole rings is 1. The zero-order valence-corrected chi connectivity index (χ0v) is 16.7. The number of carbonyl (C=O) groups is 2. The van der Waals surface area contributed by atoms with E-state index in [1.165, 1.54) is 6.42 Å². The van der Waals surface area contributed by atoms with Crippen molar-refractivity contribution < 1.29 is 14.7 Å². The van der Waals surface area contributed by atoms with Gasteiger partial charge in [-0.1, -0.05) is 17.7 Å². The Kier molecular flexibility index (Phi) is 5.53. The predicted octanol–water partition coefficient (Wildman–Crippen LogP) is 4.32. The molecule has 29 heavy (non-hydrogen) atoms. The summed E-state index contributed by atoms with van der Waals surface area (Å²) in [6, 6.07) is 12.9. The SMILES string of the molecule is O=C(O)CCc1nc2cc(C(=O)N3CCCCC3)ccc2n1-c1cccc(Cl)c1. The molecule has 1 amide bonds. The van der Waals surface area contributed by atoms with Gasteiger partial charge < -0.3 is 10.0 Å². The van der Waals surface area contributed by atoms with Crippen molar-refractivity contribution in [3.05, 3.63) is 58.9 Å². The van der Waals surface area contributed by atoms with Crippen LogP contribution in [0.2, 0.25) is 5.02 Å². The predicted molar refractivity (Wildman–Crippen MR) is 112 cm³/mol. The molecule has 2 aromatic carbocycles. The van der Waals surface area contributed by atoms with Crippen LogP contribution in [0, 0.1) is 0 Å². The summed E-state index contributed by atoms with van der Waals surface area (Å²) in [5.41, 5.74) is 2.92. The van der Waals surface area contributed by atoms with Crippen LogP contribution in [0.5, 0.6) is 0 Å². The molecule has 1 N–H and O–H groups in total. The van der Waals surface area contributed by atoms with E-state index in [9.17, 15) is 9.59 Å². The number of fused-ring (bicyclic) bond motifs is 1. The monoisotopic (exact) mass is 411 g/mol. The maximum atomic E-state index is 12.9. The second-order valence-corrected chi connectivity index (χ2v) is 7.73. The Bertz CT molecular complexity index is 1070. The maximum absolute atomic E-state index is 12.9. The summed E-state index contributed by atoms with van der Waals surface area (Å²) in [6.45, 7) is 1.58. The number of piperidine rings is 1. The molecule has 0 spiro atoms. The Morgan fingerprint density at radius 3 is 2.59 bits per heavy atom. The van der Waals surface area contributed by atoms with Crippen molar-refractivity contribution in [2.24, 2.45) is 0 Å². The minimum absolute atomic E-state index is 0.0241. The molecule has 1 aliphatic rings. The zero-order valence-electron chi connectivity index (χ0n) is 16.0. The Balaban J connectivity index is 1.76. The molecule has 1 aliphatic heterocycles. The molecule has 1 fully saturated rings. The highest BCUT2D eigenvalue weighted by Gasteiger charge is 2.20. The van der Waals surface area contributed by atoms with Gasteiger partial charge >= 0.3 is 5.97 Å². The van der Waals surface area contributed by atoms with Crippen molar-refractivity contribution in [1.29, 1.82) is 0 Å². The molecule has 0 aliphatic carbocycles. The molecular weight excluding hydrogens is 390 g/mol. The third-order valence-electron chi connectivity index (χ3n) is 5.24. The highest BCUT2D eigenvalue weighted by atomic mass is 35.5. The van der Waals surface area contributed by atoms with Gasteiger partial charge in [0.15, 0.2) is 0 Å². The number of halogens is 1. The summed E-state index contributed by atoms with van der Waals surface area (Å²) in [6.07, 6.45) is 3.50. The van der Waals surface area contributed by atoms with Crippen LogP contribution in [0.25, 0.3) is 16.7 Å². The molecule has 0 atom stereocenters. The van der Waals surface area contributed by atoms with E-state index in [0.29, 0.717) is 21.9 Å². The number of nitrogens with zero attached hydrogens (tertiary/aromatic N) is 3. The first kappa shape index (κ1) is 19.5. The fourth-order valence-electron chi connectivity index (χ4n) is 3.83. The molecule has 7 heteroatoms. The van der Waals surface area contributed by atoms with Gasteiger partial charge in [0.05, 0.1) is 17.5 Å². The van der Waals surface area contributed by atoms with Crippen LogP contribution >= 0.6 is 11.6 Å². The van der Waals surface area contributed by atoms with Gasteiger partial charge in [0.2, 0.25) is 0 Å². The zero-order chi connectivity index (χ0) is 20.4. The molecule has 2 heterocycles. The van der Waals surface area contributed by atoms with Crippen molar-refractivity contribution in [3.63, 3.8) is 0 Å². The lowest BCUT2D eigenvalue weighted by atomic mass is 10.1. The summed E-state index contributed by atoms with van der Waals surface area (Å²) in [5, 5.41) is 9.70. The Labute approximate surface area is 173 Å². The molecule has 150 valence electrons. The van der Waals surface area contributed by atoms with Crippen molar-refractivity contribution in [2.45, 2.75) is 32.1 Å². The largest absolute Gasteiger partial charge is 0.481 e. The van der Waals surface area contributed by atoms with Gasteiger partial charge in [-0.25, -0.2) is 4.98 Å². The topological polar surface area (TPSA) is 75.4 Å². The highest BCUT2D eigenvalue weighted by Crippen LogP contribution is 2.26. The lowest BCUT2D eigenvalue weighted by Gasteiger charge is -2.26. The summed E-state index contributed by atoms with van der Waals surface area (Å²) in [4.78, 5) is 30.5. The molecule has 0 radical (unpaired) electrons. The van der Waals surface area contributed by atoms with Crippen LogP contribution in [0.3, 0.4) is 0 Å². The van der Waals surface area contributed by atoms with Gasteiger partial charge in [-0.2, -0.15) is 0 Å². The van der Waals surface area contributed by atoms with Crippen molar-refractivity contribution >= 4 is 34.5 Å². The number of likely N-dealkylation sites (tertiary alicyclic amines) is 1. The number of aliphatic carboxylic acids is 1. The van der Waals surface area contributed by atoms with E-state index in [-0.39, 0.29) is 18.7 Å². The van der Waals surface area contributed by atoms with Gasteiger partial charge in [0.25, 0.3) is 5.91 Å². The average Bonchev–Trinajstić information content (AvgIpc) is 3.10. The minimum Gasteiger partial charge on any atom is -0.481 e. The van der Waals surface area contributed by atoms with Crippen molar-refractivity contribution in [2.75, 3.05) is 13.1 Å². The van der Waals surface area contributed by atoms with Gasteiger partial charge in [0, 0.05) is 35.8 Å². The summed E-state index contributed by atoms with van der Waals surface area (Å²) in [5.74, 6) is -0.223. The van der Waals surface area contributed by atoms with E-state index in [2.05, 4.69) is 4.98 Å². The van der Waals surface area contributed by atoms with Crippen LogP contribution in [0.1, 0.15) is 41.9 Å². The third-order valence-corrected chi connectivity index (χ3v) is 5.48. The number of benzene rings is 2. The van der Waals surface area contributed by atoms with Crippen molar-refractivity contribution in [1.82, 2.24) is 14.5 Å². The second-order valence-electron chi connectivity index (χ2n) is 7.29. The molecule has 0 unspecified atom stereocenters. The number of carboxylic acid groups (broad SMARTS) is 1. The number of amides is 1. The van der Waals surface area contributed by atoms with Crippen LogP contribution in [0.15, 0.2) is 42.5 Å². The summed E-state index contributed by atoms with van der Waals surface area (Å²) < 4.78 is 1.92. The first-order valence-electron chi connectivity index (χ1n) is 9.81. The smallest absolute Gasteiger partial charge is 0.303 e. The van der Waals surface area contributed by atoms with E-state index in [0.717, 1.165) is 37.1 Å². The number of rotatable bonds is 5. The minimum atomic E-state index is -0.879. The first-order valence-corrected chi connectivity index (χ1v) is 10.2. The molecule has 0 saturated carbocycles. The molecule has 4 rings (SSSR count). The Morgan fingerprint density at radius 2 is 1.86 bits per heavy atom. The van der Waals surface area contributed by atoms with E-state index in [4.69, 9.17) is 16.7 Å². The van der Waals surface area contributed by atoms with E-state index in [1.807, 2.05) is 39.8 Å². The quantitative estimate of drug-likeness (QED) is 0.678. The van der Waals surface area contributed by atoms with E-state index >= 15 is 0 Å². The fourth-order valence-corrected chi connectivity index (χ4v) is 4.02. The number of carboxylic acids is 1. The number of hydrogen-bond donors (Lipinski definition) is 1.